The molecule has 1 heterocycles. The molecule has 2 atom stereocenters. The molecule has 3 rings (SSSR count). The molecule has 1 aromatic heterocycles. The molecule has 2 aliphatic carbocycles. The number of halogens is 1. The number of carbonyl (C=O) groups is 1. The van der Waals surface area contributed by atoms with Gasteiger partial charge in [0.05, 0.1) is 11.7 Å². The monoisotopic (exact) mass is 398 g/mol. The van der Waals surface area contributed by atoms with Crippen molar-refractivity contribution < 1.29 is 9.90 Å². The molecule has 2 fully saturated rings. The minimum atomic E-state index is -0.551. The van der Waals surface area contributed by atoms with E-state index in [1.165, 1.54) is 6.20 Å². The largest absolute Gasteiger partial charge is 0.393 e. The molecular formula is C18H31ClN6O2. The Morgan fingerprint density at radius 3 is 2.44 bits per heavy atom. The minimum absolute atomic E-state index is 0. The summed E-state index contributed by atoms with van der Waals surface area (Å²) in [5.74, 6) is 0.421. The third-order valence-electron chi connectivity index (χ3n) is 5.51. The van der Waals surface area contributed by atoms with Gasteiger partial charge in [0.15, 0.2) is 0 Å². The van der Waals surface area contributed by atoms with Crippen molar-refractivity contribution in [3.63, 3.8) is 0 Å². The lowest BCUT2D eigenvalue weighted by Gasteiger charge is -2.29. The van der Waals surface area contributed by atoms with Crippen LogP contribution in [0.2, 0.25) is 0 Å². The second kappa shape index (κ2) is 10.1. The Morgan fingerprint density at radius 1 is 1.11 bits per heavy atom. The molecule has 1 amide bonds. The number of hydrogen-bond donors (Lipinski definition) is 5. The average Bonchev–Trinajstić information content (AvgIpc) is 2.62. The predicted molar refractivity (Wildman–Crippen MR) is 108 cm³/mol. The Morgan fingerprint density at radius 2 is 1.81 bits per heavy atom. The first kappa shape index (κ1) is 21.7. The van der Waals surface area contributed by atoms with Crippen LogP contribution in [0.4, 0.5) is 11.8 Å². The second-order valence-corrected chi connectivity index (χ2v) is 7.46. The second-order valence-electron chi connectivity index (χ2n) is 7.46. The molecule has 0 aromatic carbocycles. The quantitative estimate of drug-likeness (QED) is 0.493. The molecule has 0 bridgehead atoms. The first-order valence-corrected chi connectivity index (χ1v) is 9.60. The van der Waals surface area contributed by atoms with Gasteiger partial charge in [0, 0.05) is 24.3 Å². The molecule has 0 saturated heterocycles. The van der Waals surface area contributed by atoms with Crippen molar-refractivity contribution >= 4 is 30.1 Å². The van der Waals surface area contributed by atoms with Crippen molar-refractivity contribution in [3.8, 4) is 0 Å². The van der Waals surface area contributed by atoms with Gasteiger partial charge >= 0.3 is 0 Å². The smallest absolute Gasteiger partial charge is 0.254 e. The van der Waals surface area contributed by atoms with E-state index in [9.17, 15) is 9.90 Å². The highest BCUT2D eigenvalue weighted by molar-refractivity contribution is 5.97. The number of nitrogens with zero attached hydrogens (tertiary/aromatic N) is 2. The molecule has 0 spiro atoms. The van der Waals surface area contributed by atoms with Crippen molar-refractivity contribution in [1.29, 1.82) is 0 Å². The van der Waals surface area contributed by atoms with Crippen LogP contribution >= 0.6 is 12.4 Å². The Balaban J connectivity index is 0.00000261. The summed E-state index contributed by atoms with van der Waals surface area (Å²) >= 11 is 0. The summed E-state index contributed by atoms with van der Waals surface area (Å²) in [5.41, 5.74) is 5.76. The normalized spacial score (nSPS) is 28.1. The Kier molecular flexibility index (Phi) is 8.07. The molecular weight excluding hydrogens is 368 g/mol. The number of rotatable bonds is 6. The maximum absolute atomic E-state index is 11.7. The molecule has 8 nitrogen and oxygen atoms in total. The number of aliphatic hydroxyl groups excluding tert-OH is 1. The van der Waals surface area contributed by atoms with E-state index in [-0.39, 0.29) is 30.1 Å². The van der Waals surface area contributed by atoms with Gasteiger partial charge < -0.3 is 26.8 Å². The molecule has 2 aliphatic rings. The summed E-state index contributed by atoms with van der Waals surface area (Å²) in [6.45, 7) is 0. The number of hydrogen-bond acceptors (Lipinski definition) is 7. The van der Waals surface area contributed by atoms with Crippen LogP contribution in [0.5, 0.6) is 0 Å². The van der Waals surface area contributed by atoms with Crippen molar-refractivity contribution in [2.45, 2.75) is 75.6 Å². The van der Waals surface area contributed by atoms with Gasteiger partial charge in [-0.3, -0.25) is 4.79 Å². The van der Waals surface area contributed by atoms with Gasteiger partial charge in [-0.05, 0) is 58.4 Å². The fourth-order valence-corrected chi connectivity index (χ4v) is 3.94. The number of amides is 1. The van der Waals surface area contributed by atoms with E-state index in [0.29, 0.717) is 30.3 Å². The molecule has 6 N–H and O–H groups in total. The lowest BCUT2D eigenvalue weighted by Crippen LogP contribution is -2.35. The molecule has 2 saturated carbocycles. The van der Waals surface area contributed by atoms with E-state index in [4.69, 9.17) is 5.73 Å². The molecule has 0 radical (unpaired) electrons. The number of anilines is 2. The van der Waals surface area contributed by atoms with Crippen LogP contribution < -0.4 is 21.7 Å². The summed E-state index contributed by atoms with van der Waals surface area (Å²) in [5, 5.41) is 19.9. The van der Waals surface area contributed by atoms with Crippen molar-refractivity contribution in [1.82, 2.24) is 15.3 Å². The topological polar surface area (TPSA) is 125 Å². The number of nitrogens with one attached hydrogen (secondary N) is 3. The van der Waals surface area contributed by atoms with Gasteiger partial charge in [0.25, 0.3) is 5.91 Å². The highest BCUT2D eigenvalue weighted by Gasteiger charge is 2.24. The van der Waals surface area contributed by atoms with Crippen LogP contribution in [0, 0.1) is 0 Å². The fourth-order valence-electron chi connectivity index (χ4n) is 3.94. The highest BCUT2D eigenvalue weighted by atomic mass is 35.5. The summed E-state index contributed by atoms with van der Waals surface area (Å²) in [6.07, 6.45) is 8.92. The van der Waals surface area contributed by atoms with Crippen LogP contribution in [0.15, 0.2) is 6.20 Å². The third kappa shape index (κ3) is 5.92. The maximum atomic E-state index is 11.7. The average molecular weight is 399 g/mol. The van der Waals surface area contributed by atoms with Gasteiger partial charge in [-0.25, -0.2) is 4.98 Å². The minimum Gasteiger partial charge on any atom is -0.393 e. The zero-order valence-electron chi connectivity index (χ0n) is 15.8. The molecule has 0 aliphatic heterocycles. The molecule has 0 unspecified atom stereocenters. The van der Waals surface area contributed by atoms with Gasteiger partial charge in [-0.2, -0.15) is 4.98 Å². The summed E-state index contributed by atoms with van der Waals surface area (Å²) < 4.78 is 0. The van der Waals surface area contributed by atoms with Crippen molar-refractivity contribution in [2.75, 3.05) is 17.7 Å². The number of primary amides is 1. The van der Waals surface area contributed by atoms with E-state index in [1.807, 2.05) is 7.05 Å². The van der Waals surface area contributed by atoms with Crippen LogP contribution in [0.3, 0.4) is 0 Å². The third-order valence-corrected chi connectivity index (χ3v) is 5.51. The Bertz CT molecular complexity index is 624. The van der Waals surface area contributed by atoms with E-state index < -0.39 is 5.91 Å². The van der Waals surface area contributed by atoms with Crippen LogP contribution in [0.25, 0.3) is 0 Å². The number of nitrogens with two attached hydrogens (primary N) is 1. The summed E-state index contributed by atoms with van der Waals surface area (Å²) in [6, 6.07) is 1.01. The SMILES string of the molecule is CN[C@H]1CC[C@H](Nc2ncc(C(N)=O)c(N[C@@H]3CCC[C@H](O)C3)n2)CC1.Cl. The fraction of sp³-hybridized carbons (Fsp3) is 0.722. The van der Waals surface area contributed by atoms with Gasteiger partial charge in [-0.15, -0.1) is 12.4 Å². The van der Waals surface area contributed by atoms with Crippen LogP contribution in [-0.2, 0) is 0 Å². The Hall–Kier alpha value is -1.64. The molecule has 9 heteroatoms. The van der Waals surface area contributed by atoms with Crippen LogP contribution in [0.1, 0.15) is 61.7 Å². The lowest BCUT2D eigenvalue weighted by molar-refractivity contribution is 0.100. The van der Waals surface area contributed by atoms with E-state index in [0.717, 1.165) is 44.9 Å². The first-order chi connectivity index (χ1) is 12.5. The lowest BCUT2D eigenvalue weighted by atomic mass is 9.91. The van der Waals surface area contributed by atoms with Gasteiger partial charge in [0.1, 0.15) is 5.82 Å². The number of aromatic nitrogens is 2. The molecule has 1 aromatic rings. The van der Waals surface area contributed by atoms with E-state index >= 15 is 0 Å². The van der Waals surface area contributed by atoms with Gasteiger partial charge in [-0.1, -0.05) is 0 Å². The Labute approximate surface area is 166 Å². The van der Waals surface area contributed by atoms with Crippen molar-refractivity contribution in [3.05, 3.63) is 11.8 Å². The van der Waals surface area contributed by atoms with E-state index in [1.54, 1.807) is 0 Å². The predicted octanol–water partition coefficient (Wildman–Crippen LogP) is 1.66. The van der Waals surface area contributed by atoms with E-state index in [2.05, 4.69) is 25.9 Å². The highest BCUT2D eigenvalue weighted by Crippen LogP contribution is 2.25. The van der Waals surface area contributed by atoms with Crippen LogP contribution in [-0.4, -0.2) is 52.3 Å². The van der Waals surface area contributed by atoms with Gasteiger partial charge in [0.2, 0.25) is 5.95 Å². The number of aliphatic hydroxyl groups is 1. The maximum Gasteiger partial charge on any atom is 0.254 e. The standard InChI is InChI=1S/C18H30N6O2.ClH/c1-20-11-5-7-12(8-6-11)23-18-21-10-15(16(19)26)17(24-18)22-13-3-2-4-14(25)9-13;/h10-14,20,25H,2-9H2,1H3,(H2,19,26)(H2,21,22,23,24);1H/t11-,12-,13-,14+;/m1./s1. The zero-order chi connectivity index (χ0) is 18.5. The number of carbonyl (C=O) groups excluding carboxylic acids is 1. The molecule has 27 heavy (non-hydrogen) atoms. The summed E-state index contributed by atoms with van der Waals surface area (Å²) in [7, 11) is 2.00. The summed E-state index contributed by atoms with van der Waals surface area (Å²) in [4.78, 5) is 20.5. The first-order valence-electron chi connectivity index (χ1n) is 9.60. The molecule has 152 valence electrons. The van der Waals surface area contributed by atoms with Crippen molar-refractivity contribution in [2.24, 2.45) is 5.73 Å². The zero-order valence-corrected chi connectivity index (χ0v) is 16.6.